The molecule has 5 aliphatic rings. The van der Waals surface area contributed by atoms with Gasteiger partial charge in [-0.05, 0) is 93.3 Å². The summed E-state index contributed by atoms with van der Waals surface area (Å²) < 4.78 is 141. The molecule has 596 valence electrons. The highest BCUT2D eigenvalue weighted by atomic mass is 35.5. The van der Waals surface area contributed by atoms with Gasteiger partial charge in [-0.1, -0.05) is 126 Å². The SMILES string of the molecule is CC(C)(C)c1nc2ccc(Cl)c(S[C@@H]3CCOC[C@H]3O)c2o1.CO[C@@H]1COCC[C@H]1S(=O)(=O)c1c(Cl)ccc(N)c1O.CO[C@@H]1COCC[C@H]1S(=O)(=O)c1c(Cl)ccc2nc(C(C)(C)C)oc12.CO[C@@H]1COCC[C@H]1Sc1c(Cl)ccc2nc(C(C)(C)C)oc12.Cc1ccc(S(=O)(=O)OC2CCOC[C@H]2O)cc1. The number of nitrogens with zero attached hydrogens (tertiary/aromatic N) is 3. The second-order valence-electron chi connectivity index (χ2n) is 29.5. The lowest BCUT2D eigenvalue weighted by atomic mass is 9.97. The number of ether oxygens (including phenoxy) is 8. The number of halogens is 4. The molecule has 10 atom stereocenters. The van der Waals surface area contributed by atoms with Gasteiger partial charge < -0.3 is 72.2 Å². The van der Waals surface area contributed by atoms with Gasteiger partial charge in [-0.15, -0.1) is 23.5 Å². The van der Waals surface area contributed by atoms with Crippen molar-refractivity contribution in [1.82, 2.24) is 15.0 Å². The standard InChI is InChI=1S/C17H22ClNO5S.C17H22ClNO3S.C16H20ClNO3S.C12H16ClNO5S.C12H16O5S/c1-17(2,3)16-19-11-6-5-10(18)15(14(11)24-16)25(20,21)13-7-8-23-9-12(13)22-4;1-17(2,3)16-19-11-6-5-10(18)15(14(11)22-16)23-13-7-8-21-9-12(13)20-4;1-16(2,3)15-18-10-5-4-9(17)14(13(10)21-15)22-12-6-7-20-8-11(12)19;1-18-9-6-19-5-4-10(9)20(16,17)12-7(13)2-3-8(14)11(12)15;1-9-2-4-10(5-3-9)18(14,15)17-12-6-7-16-8-11(12)13/h5-6,12-13H,7-9H2,1-4H3;5-6,12-13H,7-9H2,1-4H3;4-5,11-12,19H,6-8H2,1-3H3;2-3,9-10,15H,4-6,14H2,1H3;2-5,11-13H,6-8H2,1H3/t2*12-,13-;11-,12-;9-,10-;11-,12?/m11111/s1. The summed E-state index contributed by atoms with van der Waals surface area (Å²) in [5.74, 6) is 1.38. The van der Waals surface area contributed by atoms with Gasteiger partial charge in [0, 0.05) is 87.5 Å². The topological polar surface area (TPSA) is 350 Å². The molecule has 1 unspecified atom stereocenters. The van der Waals surface area contributed by atoms with Gasteiger partial charge in [-0.25, -0.2) is 31.8 Å². The van der Waals surface area contributed by atoms with Crippen molar-refractivity contribution in [2.24, 2.45) is 0 Å². The Morgan fingerprint density at radius 2 is 0.843 bits per heavy atom. The third-order valence-corrected chi connectivity index (χ3v) is 28.7. The van der Waals surface area contributed by atoms with Crippen molar-refractivity contribution in [2.45, 2.75) is 200 Å². The molecule has 5 N–H and O–H groups in total. The fourth-order valence-corrected chi connectivity index (χ4v) is 21.1. The van der Waals surface area contributed by atoms with Crippen molar-refractivity contribution in [3.63, 3.8) is 0 Å². The zero-order valence-corrected chi connectivity index (χ0v) is 69.6. The van der Waals surface area contributed by atoms with Crippen molar-refractivity contribution in [1.29, 1.82) is 0 Å². The van der Waals surface area contributed by atoms with Crippen LogP contribution in [0.5, 0.6) is 5.75 Å². The molecule has 0 radical (unpaired) electrons. The van der Waals surface area contributed by atoms with E-state index in [1.54, 1.807) is 54.9 Å². The first-order valence-electron chi connectivity index (χ1n) is 35.0. The summed E-state index contributed by atoms with van der Waals surface area (Å²) in [5.41, 5.74) is 9.67. The Kier molecular flexibility index (Phi) is 30.0. The number of aromatic nitrogens is 3. The van der Waals surface area contributed by atoms with Gasteiger partial charge in [-0.3, -0.25) is 4.18 Å². The Morgan fingerprint density at radius 1 is 0.463 bits per heavy atom. The number of aliphatic hydroxyl groups excluding tert-OH is 2. The van der Waals surface area contributed by atoms with E-state index in [1.165, 1.54) is 38.5 Å². The van der Waals surface area contributed by atoms with E-state index in [1.807, 2.05) is 52.0 Å². The number of hydrogen-bond donors (Lipinski definition) is 4. The fraction of sp³-hybridized carbons (Fsp3) is 0.554. The molecular formula is C74H96Cl4N4O21S5. The number of aryl methyl sites for hydroxylation is 1. The Hall–Kier alpha value is -4.62. The molecule has 0 aliphatic carbocycles. The number of rotatable bonds is 14. The molecule has 8 aromatic rings. The Morgan fingerprint density at radius 3 is 1.31 bits per heavy atom. The predicted octanol–water partition coefficient (Wildman–Crippen LogP) is 14.1. The molecule has 0 amide bonds. The average molecular weight is 1680 g/mol. The van der Waals surface area contributed by atoms with E-state index in [-0.39, 0.29) is 89.8 Å². The number of nitrogen functional groups attached to an aromatic ring is 1. The molecular weight excluding hydrogens is 1580 g/mol. The maximum atomic E-state index is 13.3. The molecule has 25 nitrogen and oxygen atoms in total. The van der Waals surface area contributed by atoms with Gasteiger partial charge in [0.25, 0.3) is 10.1 Å². The highest BCUT2D eigenvalue weighted by Crippen LogP contribution is 2.45. The number of phenols is 1. The number of fused-ring (bicyclic) bond motifs is 3. The zero-order valence-electron chi connectivity index (χ0n) is 62.5. The molecule has 34 heteroatoms. The lowest BCUT2D eigenvalue weighted by Gasteiger charge is -2.30. The molecule has 8 heterocycles. The number of oxazole rings is 3. The Labute approximate surface area is 659 Å². The number of methoxy groups -OCH3 is 3. The fourth-order valence-electron chi connectivity index (χ4n) is 11.9. The van der Waals surface area contributed by atoms with Crippen molar-refractivity contribution in [2.75, 3.05) is 93.1 Å². The van der Waals surface area contributed by atoms with Crippen LogP contribution in [0.25, 0.3) is 33.3 Å². The van der Waals surface area contributed by atoms with E-state index in [0.29, 0.717) is 90.7 Å². The van der Waals surface area contributed by atoms with Crippen LogP contribution in [0.15, 0.2) is 111 Å². The van der Waals surface area contributed by atoms with E-state index >= 15 is 0 Å². The second kappa shape index (κ2) is 37.1. The van der Waals surface area contributed by atoms with Crippen molar-refractivity contribution in [3.8, 4) is 5.75 Å². The molecule has 5 saturated heterocycles. The van der Waals surface area contributed by atoms with Gasteiger partial charge in [0.1, 0.15) is 38.5 Å². The minimum atomic E-state index is -3.87. The quantitative estimate of drug-likeness (QED) is 0.0446. The minimum Gasteiger partial charge on any atom is -0.504 e. The summed E-state index contributed by atoms with van der Waals surface area (Å²) in [6.45, 7) is 24.2. The van der Waals surface area contributed by atoms with Gasteiger partial charge in [0.2, 0.25) is 17.7 Å². The number of aliphatic hydroxyl groups is 2. The van der Waals surface area contributed by atoms with Crippen LogP contribution in [0.1, 0.15) is 118 Å². The summed E-state index contributed by atoms with van der Waals surface area (Å²) >= 11 is 28.3. The Balaban J connectivity index is 0.000000156. The largest absolute Gasteiger partial charge is 0.504 e. The van der Waals surface area contributed by atoms with Crippen LogP contribution in [0.2, 0.25) is 20.1 Å². The zero-order chi connectivity index (χ0) is 79.0. The van der Waals surface area contributed by atoms with E-state index in [4.69, 9.17) is 107 Å². The van der Waals surface area contributed by atoms with E-state index in [2.05, 4.69) is 56.5 Å². The Bertz CT molecular complexity index is 4720. The van der Waals surface area contributed by atoms with Crippen molar-refractivity contribution >= 4 is 139 Å². The van der Waals surface area contributed by atoms with Crippen LogP contribution >= 0.6 is 69.9 Å². The highest BCUT2D eigenvalue weighted by Gasteiger charge is 2.43. The monoisotopic (exact) mass is 1680 g/mol. The first kappa shape index (κ1) is 87.3. The summed E-state index contributed by atoms with van der Waals surface area (Å²) in [7, 11) is -6.86. The van der Waals surface area contributed by atoms with Crippen LogP contribution in [-0.4, -0.2) is 201 Å². The lowest BCUT2D eigenvalue weighted by Crippen LogP contribution is -2.43. The highest BCUT2D eigenvalue weighted by molar-refractivity contribution is 8.00. The van der Waals surface area contributed by atoms with Crippen LogP contribution in [0, 0.1) is 6.92 Å². The molecule has 108 heavy (non-hydrogen) atoms. The number of sulfone groups is 2. The smallest absolute Gasteiger partial charge is 0.297 e. The number of phenolic OH excluding ortho intramolecular Hbond substituents is 1. The molecule has 5 aromatic carbocycles. The van der Waals surface area contributed by atoms with Crippen molar-refractivity contribution in [3.05, 3.63) is 116 Å². The summed E-state index contributed by atoms with van der Waals surface area (Å²) in [4.78, 5) is 15.2. The van der Waals surface area contributed by atoms with Gasteiger partial charge in [0.05, 0.1) is 108 Å². The number of aromatic hydroxyl groups is 1. The summed E-state index contributed by atoms with van der Waals surface area (Å²) in [6.07, 6.45) is -0.523. The second-order valence-corrected chi connectivity index (χ2v) is 39.4. The number of benzene rings is 5. The maximum absolute atomic E-state index is 13.3. The van der Waals surface area contributed by atoms with E-state index < -0.39 is 76.6 Å². The maximum Gasteiger partial charge on any atom is 0.297 e. The normalized spacial score (nSPS) is 23.3. The van der Waals surface area contributed by atoms with Gasteiger partial charge >= 0.3 is 0 Å². The molecule has 13 rings (SSSR count). The molecule has 0 saturated carbocycles. The average Bonchev–Trinajstić information content (AvgIpc) is 1.59. The van der Waals surface area contributed by atoms with Crippen LogP contribution in [-0.2, 0) is 88.1 Å². The van der Waals surface area contributed by atoms with Crippen molar-refractivity contribution < 1.29 is 95.9 Å². The molecule has 0 bridgehead atoms. The summed E-state index contributed by atoms with van der Waals surface area (Å²) in [6, 6.07) is 19.9. The van der Waals surface area contributed by atoms with Crippen LogP contribution < -0.4 is 5.73 Å². The number of anilines is 1. The summed E-state index contributed by atoms with van der Waals surface area (Å²) in [5, 5.41) is 29.8. The van der Waals surface area contributed by atoms with Crippen LogP contribution in [0.3, 0.4) is 0 Å². The number of nitrogens with two attached hydrogens (primary N) is 1. The first-order valence-corrected chi connectivity index (χ1v) is 42.8. The molecule has 5 aliphatic heterocycles. The lowest BCUT2D eigenvalue weighted by molar-refractivity contribution is -0.0730. The molecule has 0 spiro atoms. The third kappa shape index (κ3) is 21.2. The minimum absolute atomic E-state index is 0.0105. The van der Waals surface area contributed by atoms with Gasteiger partial charge in [0.15, 0.2) is 42.2 Å². The first-order chi connectivity index (χ1) is 50.8. The third-order valence-electron chi connectivity index (χ3n) is 18.1. The van der Waals surface area contributed by atoms with Crippen LogP contribution in [0.4, 0.5) is 5.69 Å². The van der Waals surface area contributed by atoms with Gasteiger partial charge in [-0.2, -0.15) is 8.42 Å². The molecule has 5 fully saturated rings. The predicted molar refractivity (Wildman–Crippen MR) is 417 cm³/mol. The van der Waals surface area contributed by atoms with E-state index in [9.17, 15) is 40.6 Å². The number of thioether (sulfide) groups is 2. The van der Waals surface area contributed by atoms with E-state index in [0.717, 1.165) is 57.3 Å². The number of hydrogen-bond acceptors (Lipinski definition) is 27. The molecule has 3 aromatic heterocycles.